The van der Waals surface area contributed by atoms with Gasteiger partial charge in [-0.15, -0.1) is 0 Å². The van der Waals surface area contributed by atoms with Crippen molar-refractivity contribution in [2.24, 2.45) is 0 Å². The maximum absolute atomic E-state index is 11.6. The molecule has 0 saturated heterocycles. The number of carbonyl (C=O) groups excluding carboxylic acids is 4. The zero-order valence-corrected chi connectivity index (χ0v) is 21.8. The predicted molar refractivity (Wildman–Crippen MR) is 142 cm³/mol. The van der Waals surface area contributed by atoms with Gasteiger partial charge in [-0.25, -0.2) is 14.4 Å². The molecule has 1 aromatic carbocycles. The third kappa shape index (κ3) is 13.9. The molecule has 0 saturated carbocycles. The molecule has 1 aromatic rings. The second-order valence-corrected chi connectivity index (χ2v) is 8.09. The molecule has 0 aliphatic rings. The van der Waals surface area contributed by atoms with E-state index >= 15 is 0 Å². The molecular weight excluding hydrogens is 497 g/mol. The molecule has 0 bridgehead atoms. The number of hydrogen-bond donors (Lipinski definition) is 4. The number of nitrogens with one attached hydrogen (secondary N) is 1. The fraction of sp³-hybridized carbons (Fsp3) is 0.308. The zero-order chi connectivity index (χ0) is 29.4. The topological polar surface area (TPSA) is 169 Å². The van der Waals surface area contributed by atoms with Gasteiger partial charge in [0.25, 0.3) is 5.91 Å². The van der Waals surface area contributed by atoms with Crippen LogP contribution in [0.2, 0.25) is 0 Å². The first-order chi connectivity index (χ1) is 17.7. The number of rotatable bonds is 13. The van der Waals surface area contributed by atoms with E-state index in [0.717, 1.165) is 0 Å². The molecular formula is C26H34BNO10. The van der Waals surface area contributed by atoms with Crippen LogP contribution in [-0.4, -0.2) is 72.0 Å². The molecule has 1 rings (SSSR count). The molecule has 0 heterocycles. The Bertz CT molecular complexity index is 1060. The Hall–Kier alpha value is -4.00. The summed E-state index contributed by atoms with van der Waals surface area (Å²) < 4.78 is 14.7. The van der Waals surface area contributed by atoms with E-state index in [1.807, 2.05) is 0 Å². The SMILES string of the molecule is C=C(C)C(=O)Nc1cccc(B(O)O)c1.C=C(C)C(=O)OCC(CC(=C)C(=O)OCCO)OC(=O)C(=C)C. The first-order valence-corrected chi connectivity index (χ1v) is 11.3. The van der Waals surface area contributed by atoms with Gasteiger partial charge < -0.3 is 34.7 Å². The van der Waals surface area contributed by atoms with Crippen LogP contribution in [0, 0.1) is 0 Å². The maximum atomic E-state index is 11.6. The van der Waals surface area contributed by atoms with Crippen molar-refractivity contribution in [1.29, 1.82) is 0 Å². The van der Waals surface area contributed by atoms with Crippen LogP contribution in [0.15, 0.2) is 72.9 Å². The standard InChI is InChI=1S/C16H22O7.C10H12BNO3/c1-10(2)14(18)22-9-13(23-15(19)11(3)4)8-12(5)16(20)21-7-6-17;1-7(2)10(13)12-9-5-3-4-8(6-9)11(14)15/h13,17H,1,3,5-9H2,2,4H3;3-6,14-15H,1H2,2H3,(H,12,13). The highest BCUT2D eigenvalue weighted by atomic mass is 16.6. The van der Waals surface area contributed by atoms with Gasteiger partial charge in [-0.2, -0.15) is 0 Å². The van der Waals surface area contributed by atoms with Crippen molar-refractivity contribution in [3.63, 3.8) is 0 Å². The normalized spacial score (nSPS) is 10.5. The lowest BCUT2D eigenvalue weighted by Gasteiger charge is -2.18. The number of amides is 1. The third-order valence-corrected chi connectivity index (χ3v) is 4.29. The molecule has 1 atom stereocenters. The Balaban J connectivity index is 0.000000784. The first kappa shape index (κ1) is 34.0. The molecule has 11 nitrogen and oxygen atoms in total. The Morgan fingerprint density at radius 1 is 0.921 bits per heavy atom. The average molecular weight is 531 g/mol. The van der Waals surface area contributed by atoms with E-state index in [2.05, 4.69) is 31.6 Å². The summed E-state index contributed by atoms with van der Waals surface area (Å²) in [6.45, 7) is 17.7. The second-order valence-electron chi connectivity index (χ2n) is 8.09. The third-order valence-electron chi connectivity index (χ3n) is 4.29. The van der Waals surface area contributed by atoms with E-state index in [1.165, 1.54) is 19.9 Å². The highest BCUT2D eigenvalue weighted by molar-refractivity contribution is 6.58. The lowest BCUT2D eigenvalue weighted by molar-refractivity contribution is -0.154. The summed E-state index contributed by atoms with van der Waals surface area (Å²) in [6.07, 6.45) is -1.01. The highest BCUT2D eigenvalue weighted by Crippen LogP contribution is 2.12. The number of ether oxygens (including phenoxy) is 3. The van der Waals surface area contributed by atoms with Gasteiger partial charge in [0.1, 0.15) is 19.3 Å². The smallest absolute Gasteiger partial charge is 0.460 e. The van der Waals surface area contributed by atoms with Crippen LogP contribution in [0.3, 0.4) is 0 Å². The van der Waals surface area contributed by atoms with Crippen molar-refractivity contribution < 1.29 is 48.5 Å². The number of hydrogen-bond acceptors (Lipinski definition) is 10. The average Bonchev–Trinajstić information content (AvgIpc) is 2.85. The molecule has 0 fully saturated rings. The van der Waals surface area contributed by atoms with E-state index in [4.69, 9.17) is 29.4 Å². The van der Waals surface area contributed by atoms with E-state index in [-0.39, 0.29) is 48.9 Å². The number of anilines is 1. The monoisotopic (exact) mass is 531 g/mol. The van der Waals surface area contributed by atoms with E-state index in [1.54, 1.807) is 25.1 Å². The number of aliphatic hydroxyl groups is 1. The molecule has 0 aromatic heterocycles. The Morgan fingerprint density at radius 2 is 1.53 bits per heavy atom. The van der Waals surface area contributed by atoms with Gasteiger partial charge in [-0.1, -0.05) is 38.4 Å². The largest absolute Gasteiger partial charge is 0.488 e. The van der Waals surface area contributed by atoms with Gasteiger partial charge in [0, 0.05) is 34.4 Å². The predicted octanol–water partition coefficient (Wildman–Crippen LogP) is 0.956. The highest BCUT2D eigenvalue weighted by Gasteiger charge is 2.22. The maximum Gasteiger partial charge on any atom is 0.488 e. The van der Waals surface area contributed by atoms with Crippen LogP contribution in [0.1, 0.15) is 27.2 Å². The van der Waals surface area contributed by atoms with Crippen LogP contribution in [0.25, 0.3) is 0 Å². The van der Waals surface area contributed by atoms with E-state index in [0.29, 0.717) is 16.7 Å². The molecule has 0 spiro atoms. The summed E-state index contributed by atoms with van der Waals surface area (Å²) in [5, 5.41) is 29.0. The van der Waals surface area contributed by atoms with Gasteiger partial charge in [0.15, 0.2) is 0 Å². The summed E-state index contributed by atoms with van der Waals surface area (Å²) in [5.74, 6) is -2.35. The molecule has 1 amide bonds. The number of esters is 3. The molecule has 38 heavy (non-hydrogen) atoms. The van der Waals surface area contributed by atoms with Crippen LogP contribution in [0.5, 0.6) is 0 Å². The fourth-order valence-corrected chi connectivity index (χ4v) is 2.29. The van der Waals surface area contributed by atoms with Gasteiger partial charge >= 0.3 is 25.0 Å². The minimum Gasteiger partial charge on any atom is -0.460 e. The molecule has 1 unspecified atom stereocenters. The van der Waals surface area contributed by atoms with Gasteiger partial charge in [-0.3, -0.25) is 4.79 Å². The summed E-state index contributed by atoms with van der Waals surface area (Å²) in [6, 6.07) is 6.34. The van der Waals surface area contributed by atoms with Crippen molar-refractivity contribution in [2.45, 2.75) is 33.3 Å². The summed E-state index contributed by atoms with van der Waals surface area (Å²) >= 11 is 0. The molecule has 206 valence electrons. The second kappa shape index (κ2) is 17.5. The number of aliphatic hydroxyl groups excluding tert-OH is 1. The van der Waals surface area contributed by atoms with Crippen LogP contribution in [-0.2, 0) is 33.4 Å². The molecule has 0 aliphatic carbocycles. The van der Waals surface area contributed by atoms with Gasteiger partial charge in [0.05, 0.1) is 6.61 Å². The summed E-state index contributed by atoms with van der Waals surface area (Å²) in [4.78, 5) is 45.9. The van der Waals surface area contributed by atoms with Crippen molar-refractivity contribution in [1.82, 2.24) is 0 Å². The molecule has 12 heteroatoms. The summed E-state index contributed by atoms with van der Waals surface area (Å²) in [5.41, 5.74) is 1.60. The minimum absolute atomic E-state index is 0.0179. The van der Waals surface area contributed by atoms with Crippen LogP contribution < -0.4 is 10.8 Å². The van der Waals surface area contributed by atoms with E-state index in [9.17, 15) is 19.2 Å². The van der Waals surface area contributed by atoms with E-state index < -0.39 is 31.1 Å². The van der Waals surface area contributed by atoms with Crippen molar-refractivity contribution >= 4 is 42.1 Å². The van der Waals surface area contributed by atoms with Crippen LogP contribution in [0.4, 0.5) is 5.69 Å². The molecule has 0 aliphatic heterocycles. The van der Waals surface area contributed by atoms with Crippen molar-refractivity contribution in [3.8, 4) is 0 Å². The quantitative estimate of drug-likeness (QED) is 0.125. The Labute approximate surface area is 222 Å². The molecule has 4 N–H and O–H groups in total. The zero-order valence-electron chi connectivity index (χ0n) is 21.8. The lowest BCUT2D eigenvalue weighted by Crippen LogP contribution is -2.30. The molecule has 0 radical (unpaired) electrons. The Morgan fingerprint density at radius 3 is 2.03 bits per heavy atom. The lowest BCUT2D eigenvalue weighted by atomic mass is 9.80. The van der Waals surface area contributed by atoms with Crippen molar-refractivity contribution in [3.05, 3.63) is 72.9 Å². The van der Waals surface area contributed by atoms with Gasteiger partial charge in [0.2, 0.25) is 0 Å². The fourth-order valence-electron chi connectivity index (χ4n) is 2.29. The summed E-state index contributed by atoms with van der Waals surface area (Å²) in [7, 11) is -1.54. The number of carbonyl (C=O) groups is 4. The Kier molecular flexibility index (Phi) is 15.6. The number of benzene rings is 1. The first-order valence-electron chi connectivity index (χ1n) is 11.3. The van der Waals surface area contributed by atoms with Crippen molar-refractivity contribution in [2.75, 3.05) is 25.1 Å². The van der Waals surface area contributed by atoms with Gasteiger partial charge in [-0.05, 0) is 38.4 Å². The van der Waals surface area contributed by atoms with Crippen LogP contribution >= 0.6 is 0 Å². The minimum atomic E-state index is -1.54.